The number of unbranched alkanes of at least 4 members (excludes halogenated alkanes) is 8. The van der Waals surface area contributed by atoms with Gasteiger partial charge in [0.2, 0.25) is 0 Å². The van der Waals surface area contributed by atoms with Gasteiger partial charge in [0.1, 0.15) is 0 Å². The topological polar surface area (TPSA) is 61.8 Å². The Morgan fingerprint density at radius 3 is 1.33 bits per heavy atom. The molecule has 0 aromatic heterocycles. The molecule has 0 bridgehead atoms. The number of thioether (sulfide) groups is 2. The van der Waals surface area contributed by atoms with Crippen LogP contribution in [0.1, 0.15) is 116 Å². The van der Waals surface area contributed by atoms with Crippen LogP contribution < -0.4 is 0 Å². The lowest BCUT2D eigenvalue weighted by atomic mass is 9.98. The summed E-state index contributed by atoms with van der Waals surface area (Å²) >= 11 is 2.79. The van der Waals surface area contributed by atoms with Crippen molar-refractivity contribution in [2.45, 2.75) is 124 Å². The molecule has 5 nitrogen and oxygen atoms in total. The molecule has 0 unspecified atom stereocenters. The fourth-order valence-corrected chi connectivity index (χ4v) is 6.06. The number of carbonyl (C=O) groups is 2. The van der Waals surface area contributed by atoms with E-state index in [0.29, 0.717) is 19.8 Å². The Morgan fingerprint density at radius 1 is 0.590 bits per heavy atom. The first kappa shape index (κ1) is 36.2. The van der Waals surface area contributed by atoms with Gasteiger partial charge in [-0.05, 0) is 69.6 Å². The summed E-state index contributed by atoms with van der Waals surface area (Å²) in [6, 6.07) is 6.90. The highest BCUT2D eigenvalue weighted by Gasteiger charge is 2.31. The quantitative estimate of drug-likeness (QED) is 0.0894. The van der Waals surface area contributed by atoms with Crippen LogP contribution in [0.4, 0.5) is 0 Å². The van der Waals surface area contributed by atoms with Gasteiger partial charge >= 0.3 is 0 Å². The van der Waals surface area contributed by atoms with E-state index in [2.05, 4.69) is 18.2 Å². The molecular weight excluding hydrogens is 528 g/mol. The minimum atomic E-state index is -0.862. The first-order valence-electron chi connectivity index (χ1n) is 15.1. The molecule has 1 aromatic carbocycles. The predicted octanol–water partition coefficient (Wildman–Crippen LogP) is 8.54. The van der Waals surface area contributed by atoms with E-state index >= 15 is 0 Å². The molecule has 0 aliphatic carbocycles. The van der Waals surface area contributed by atoms with Crippen molar-refractivity contribution >= 4 is 33.8 Å². The third-order valence-electron chi connectivity index (χ3n) is 6.55. The van der Waals surface area contributed by atoms with Crippen LogP contribution in [-0.4, -0.2) is 47.5 Å². The monoisotopic (exact) mass is 582 g/mol. The SMILES string of the molecule is CCOC(CCCCCCCCCCCc1cc(CCSC(C)=O)cc(CCSC(C)=O)c1)(OCC)OCC. The zero-order valence-corrected chi connectivity index (χ0v) is 27.0. The molecule has 0 heterocycles. The van der Waals surface area contributed by atoms with Gasteiger partial charge < -0.3 is 14.2 Å². The minimum Gasteiger partial charge on any atom is -0.328 e. The van der Waals surface area contributed by atoms with E-state index in [-0.39, 0.29) is 10.2 Å². The fraction of sp³-hybridized carbons (Fsp3) is 0.750. The van der Waals surface area contributed by atoms with Crippen molar-refractivity contribution < 1.29 is 23.8 Å². The van der Waals surface area contributed by atoms with Gasteiger partial charge in [-0.2, -0.15) is 0 Å². The van der Waals surface area contributed by atoms with Crippen LogP contribution in [0.25, 0.3) is 0 Å². The molecule has 0 saturated heterocycles. The number of hydrogen-bond donors (Lipinski definition) is 0. The number of rotatable bonds is 24. The maximum Gasteiger partial charge on any atom is 0.282 e. The second-order valence-electron chi connectivity index (χ2n) is 10.0. The third kappa shape index (κ3) is 18.2. The molecule has 0 N–H and O–H groups in total. The summed E-state index contributed by atoms with van der Waals surface area (Å²) in [4.78, 5) is 22.6. The van der Waals surface area contributed by atoms with Crippen LogP contribution >= 0.6 is 23.5 Å². The van der Waals surface area contributed by atoms with Gasteiger partial charge in [0.05, 0.1) is 0 Å². The molecule has 0 fully saturated rings. The van der Waals surface area contributed by atoms with Crippen LogP contribution in [0, 0.1) is 0 Å². The Hall–Kier alpha value is -0.860. The van der Waals surface area contributed by atoms with Gasteiger partial charge in [-0.1, -0.05) is 86.7 Å². The second kappa shape index (κ2) is 22.8. The zero-order chi connectivity index (χ0) is 28.8. The molecule has 1 rings (SSSR count). The van der Waals surface area contributed by atoms with Gasteiger partial charge in [0.25, 0.3) is 5.97 Å². The van der Waals surface area contributed by atoms with E-state index in [1.807, 2.05) is 20.8 Å². The Bertz CT molecular complexity index is 743. The lowest BCUT2D eigenvalue weighted by molar-refractivity contribution is -0.380. The Balaban J connectivity index is 2.31. The van der Waals surface area contributed by atoms with Crippen LogP contribution in [0.3, 0.4) is 0 Å². The molecule has 0 atom stereocenters. The van der Waals surface area contributed by atoms with Crippen molar-refractivity contribution in [1.29, 1.82) is 0 Å². The van der Waals surface area contributed by atoms with E-state index in [9.17, 15) is 9.59 Å². The Kier molecular flexibility index (Phi) is 21.1. The van der Waals surface area contributed by atoms with Crippen molar-refractivity contribution in [3.05, 3.63) is 34.9 Å². The fourth-order valence-electron chi connectivity index (χ4n) is 4.81. The molecule has 0 aliphatic heterocycles. The van der Waals surface area contributed by atoms with Crippen LogP contribution in [0.2, 0.25) is 0 Å². The van der Waals surface area contributed by atoms with Crippen molar-refractivity contribution in [2.75, 3.05) is 31.3 Å². The third-order valence-corrected chi connectivity index (χ3v) is 8.18. The smallest absolute Gasteiger partial charge is 0.282 e. The average molecular weight is 583 g/mol. The second-order valence-corrected chi connectivity index (χ2v) is 12.5. The Labute approximate surface area is 247 Å². The lowest BCUT2D eigenvalue weighted by Gasteiger charge is -2.32. The zero-order valence-electron chi connectivity index (χ0n) is 25.3. The van der Waals surface area contributed by atoms with Crippen molar-refractivity contribution in [3.63, 3.8) is 0 Å². The number of hydrogen-bond acceptors (Lipinski definition) is 7. The van der Waals surface area contributed by atoms with Gasteiger partial charge in [0, 0.05) is 51.6 Å². The number of aryl methyl sites for hydroxylation is 3. The summed E-state index contributed by atoms with van der Waals surface area (Å²) in [5.74, 6) is 0.791. The minimum absolute atomic E-state index is 0.177. The van der Waals surface area contributed by atoms with E-state index in [1.165, 1.54) is 91.6 Å². The summed E-state index contributed by atoms with van der Waals surface area (Å²) < 4.78 is 17.5. The van der Waals surface area contributed by atoms with Crippen LogP contribution in [0.15, 0.2) is 18.2 Å². The average Bonchev–Trinajstić information content (AvgIpc) is 2.87. The van der Waals surface area contributed by atoms with Crippen molar-refractivity contribution in [1.82, 2.24) is 0 Å². The molecule has 0 spiro atoms. The summed E-state index contributed by atoms with van der Waals surface area (Å²) in [5.41, 5.74) is 4.01. The molecule has 0 amide bonds. The van der Waals surface area contributed by atoms with Gasteiger partial charge in [-0.15, -0.1) is 0 Å². The molecular formula is C32H54O5S2. The summed E-state index contributed by atoms with van der Waals surface area (Å²) in [5, 5.41) is 0.354. The van der Waals surface area contributed by atoms with E-state index in [1.54, 1.807) is 13.8 Å². The first-order chi connectivity index (χ1) is 18.8. The highest BCUT2D eigenvalue weighted by Crippen LogP contribution is 2.24. The largest absolute Gasteiger partial charge is 0.328 e. The van der Waals surface area contributed by atoms with Crippen LogP contribution in [0.5, 0.6) is 0 Å². The first-order valence-corrected chi connectivity index (χ1v) is 17.1. The summed E-state index contributed by atoms with van der Waals surface area (Å²) in [6.45, 7) is 11.0. The molecule has 1 aromatic rings. The number of benzene rings is 1. The van der Waals surface area contributed by atoms with E-state index in [0.717, 1.165) is 43.6 Å². The van der Waals surface area contributed by atoms with Gasteiger partial charge in [-0.3, -0.25) is 9.59 Å². The normalized spacial score (nSPS) is 11.7. The summed E-state index contributed by atoms with van der Waals surface area (Å²) in [6.07, 6.45) is 14.9. The standard InChI is InChI=1S/C32H54O5S2/c1-6-35-32(36-7-2,37-8-3)21-17-15-13-11-9-10-12-14-16-18-29-24-30(19-22-38-27(4)33)26-31(25-29)20-23-39-28(5)34/h24-26H,6-23H2,1-5H3. The summed E-state index contributed by atoms with van der Waals surface area (Å²) in [7, 11) is 0. The molecule has 0 saturated carbocycles. The maximum absolute atomic E-state index is 11.3. The predicted molar refractivity (Wildman–Crippen MR) is 168 cm³/mol. The Morgan fingerprint density at radius 2 is 0.949 bits per heavy atom. The number of ether oxygens (including phenoxy) is 3. The van der Waals surface area contributed by atoms with Crippen molar-refractivity contribution in [2.24, 2.45) is 0 Å². The van der Waals surface area contributed by atoms with Crippen molar-refractivity contribution in [3.8, 4) is 0 Å². The number of carbonyl (C=O) groups excluding carboxylic acids is 2. The molecule has 0 aliphatic rings. The maximum atomic E-state index is 11.3. The van der Waals surface area contributed by atoms with Crippen LogP contribution in [-0.2, 0) is 43.1 Å². The van der Waals surface area contributed by atoms with Gasteiger partial charge in [0.15, 0.2) is 10.2 Å². The highest BCUT2D eigenvalue weighted by molar-refractivity contribution is 8.13. The van der Waals surface area contributed by atoms with E-state index in [4.69, 9.17) is 14.2 Å². The molecule has 39 heavy (non-hydrogen) atoms. The molecule has 224 valence electrons. The lowest BCUT2D eigenvalue weighted by Crippen LogP contribution is -2.39. The van der Waals surface area contributed by atoms with E-state index < -0.39 is 5.97 Å². The molecule has 7 heteroatoms. The highest BCUT2D eigenvalue weighted by atomic mass is 32.2. The molecule has 0 radical (unpaired) electrons. The van der Waals surface area contributed by atoms with Gasteiger partial charge in [-0.25, -0.2) is 0 Å².